The molecule has 1 saturated heterocycles. The molecule has 3 saturated carbocycles. The van der Waals surface area contributed by atoms with Gasteiger partial charge in [-0.2, -0.15) is 0 Å². The smallest absolute Gasteiger partial charge is 0.328 e. The molecule has 0 spiro atoms. The van der Waals surface area contributed by atoms with Gasteiger partial charge in [-0.05, 0) is 67.8 Å². The molecule has 9 atom stereocenters. The second-order valence-corrected chi connectivity index (χ2v) is 13.5. The summed E-state index contributed by atoms with van der Waals surface area (Å²) in [5.74, 6) is -2.37. The molecule has 5 rings (SSSR count). The molecule has 11 nitrogen and oxygen atoms in total. The SMILES string of the molecule is COC(=O)C1CC(O)CN1C(=O)CCC(=O)OCC(=O)[C@@]1(O)CCC2C3CCC4=CC(=O)CC[C@]4(C)C3C(O)C[C@@]21C. The number of methoxy groups -OCH3 is 1. The van der Waals surface area contributed by atoms with E-state index in [0.717, 1.165) is 18.4 Å². The van der Waals surface area contributed by atoms with Crippen LogP contribution < -0.4 is 0 Å². The lowest BCUT2D eigenvalue weighted by molar-refractivity contribution is -0.184. The van der Waals surface area contributed by atoms with Gasteiger partial charge in [0.25, 0.3) is 0 Å². The second-order valence-electron chi connectivity index (χ2n) is 13.5. The highest BCUT2D eigenvalue weighted by molar-refractivity contribution is 5.92. The Hall–Kier alpha value is -2.63. The van der Waals surface area contributed by atoms with Crippen LogP contribution in [-0.4, -0.2) is 93.7 Å². The summed E-state index contributed by atoms with van der Waals surface area (Å²) in [6.07, 6.45) is 3.39. The van der Waals surface area contributed by atoms with Crippen molar-refractivity contribution in [3.63, 3.8) is 0 Å². The molecule has 1 amide bonds. The van der Waals surface area contributed by atoms with E-state index in [-0.39, 0.29) is 67.6 Å². The Labute approximate surface area is 245 Å². The summed E-state index contributed by atoms with van der Waals surface area (Å²) in [5, 5.41) is 33.2. The fraction of sp³-hybridized carbons (Fsp3) is 0.774. The Morgan fingerprint density at radius 2 is 1.81 bits per heavy atom. The number of allylic oxidation sites excluding steroid dienone is 1. The summed E-state index contributed by atoms with van der Waals surface area (Å²) in [6.45, 7) is 3.33. The highest BCUT2D eigenvalue weighted by Crippen LogP contribution is 2.67. The van der Waals surface area contributed by atoms with Crippen LogP contribution in [0.25, 0.3) is 0 Å². The lowest BCUT2D eigenvalue weighted by atomic mass is 9.45. The van der Waals surface area contributed by atoms with Crippen molar-refractivity contribution in [1.29, 1.82) is 0 Å². The molecule has 11 heteroatoms. The molecule has 1 aliphatic heterocycles. The van der Waals surface area contributed by atoms with E-state index in [2.05, 4.69) is 6.92 Å². The van der Waals surface area contributed by atoms with Crippen molar-refractivity contribution >= 4 is 29.4 Å². The van der Waals surface area contributed by atoms with Gasteiger partial charge in [0.05, 0.1) is 25.7 Å². The highest BCUT2D eigenvalue weighted by atomic mass is 16.5. The van der Waals surface area contributed by atoms with E-state index < -0.39 is 59.5 Å². The molecule has 3 N–H and O–H groups in total. The van der Waals surface area contributed by atoms with Gasteiger partial charge in [0.15, 0.2) is 12.4 Å². The van der Waals surface area contributed by atoms with E-state index in [0.29, 0.717) is 19.3 Å². The van der Waals surface area contributed by atoms with Crippen molar-refractivity contribution < 1.29 is 48.8 Å². The maximum atomic E-state index is 13.5. The van der Waals surface area contributed by atoms with Gasteiger partial charge in [0.2, 0.25) is 11.7 Å². The van der Waals surface area contributed by atoms with Gasteiger partial charge in [-0.3, -0.25) is 19.2 Å². The van der Waals surface area contributed by atoms with Gasteiger partial charge >= 0.3 is 11.9 Å². The number of carbonyl (C=O) groups is 5. The van der Waals surface area contributed by atoms with Crippen molar-refractivity contribution in [2.75, 3.05) is 20.3 Å². The van der Waals surface area contributed by atoms with E-state index >= 15 is 0 Å². The zero-order valence-corrected chi connectivity index (χ0v) is 24.7. The first kappa shape index (κ1) is 30.8. The molecular weight excluding hydrogens is 546 g/mol. The average molecular weight is 590 g/mol. The van der Waals surface area contributed by atoms with E-state index in [4.69, 9.17) is 9.47 Å². The molecule has 6 unspecified atom stereocenters. The molecule has 0 radical (unpaired) electrons. The van der Waals surface area contributed by atoms with Crippen LogP contribution >= 0.6 is 0 Å². The molecular formula is C31H43NO10. The number of aliphatic hydroxyl groups is 3. The van der Waals surface area contributed by atoms with Crippen LogP contribution in [0.5, 0.6) is 0 Å². The Balaban J connectivity index is 1.20. The predicted molar refractivity (Wildman–Crippen MR) is 146 cm³/mol. The quantitative estimate of drug-likeness (QED) is 0.368. The number of esters is 2. The third-order valence-corrected chi connectivity index (χ3v) is 11.5. The minimum absolute atomic E-state index is 0.00254. The number of hydrogen-bond acceptors (Lipinski definition) is 10. The largest absolute Gasteiger partial charge is 0.467 e. The Bertz CT molecular complexity index is 1200. The standard InChI is InChI=1S/C31H43NO10/c1-29-10-8-18(33)12-17(29)4-5-20-21-9-11-31(40,30(21,2)14-23(35)27(20)29)24(36)16-42-26(38)7-6-25(37)32-15-19(34)13-22(32)28(39)41-3/h12,19-23,27,34-35,40H,4-11,13-16H2,1-3H3/t19?,20?,21?,22?,23?,27?,29-,30-,31-/m0/s1. The Morgan fingerprint density at radius 1 is 1.07 bits per heavy atom. The third-order valence-electron chi connectivity index (χ3n) is 11.5. The lowest BCUT2D eigenvalue weighted by Crippen LogP contribution is -2.62. The fourth-order valence-corrected chi connectivity index (χ4v) is 9.29. The first-order valence-corrected chi connectivity index (χ1v) is 15.1. The molecule has 0 aromatic rings. The monoisotopic (exact) mass is 589 g/mol. The molecule has 5 aliphatic rings. The number of amides is 1. The number of likely N-dealkylation sites (tertiary alicyclic amines) is 1. The summed E-state index contributed by atoms with van der Waals surface area (Å²) in [6, 6.07) is -0.916. The van der Waals surface area contributed by atoms with E-state index in [1.54, 1.807) is 6.08 Å². The Kier molecular flexibility index (Phi) is 8.17. The number of β-amino-alcohol motifs (C(OH)–C–C–N with tert-alkyl or cyclic N) is 1. The van der Waals surface area contributed by atoms with Gasteiger partial charge in [0.1, 0.15) is 11.6 Å². The van der Waals surface area contributed by atoms with Crippen LogP contribution in [0.2, 0.25) is 0 Å². The van der Waals surface area contributed by atoms with Gasteiger partial charge in [-0.15, -0.1) is 0 Å². The molecule has 4 aliphatic carbocycles. The number of nitrogens with zero attached hydrogens (tertiary/aromatic N) is 1. The van der Waals surface area contributed by atoms with Crippen LogP contribution in [-0.2, 0) is 33.4 Å². The van der Waals surface area contributed by atoms with E-state index in [1.165, 1.54) is 12.0 Å². The molecule has 0 bridgehead atoms. The van der Waals surface area contributed by atoms with Crippen LogP contribution in [0.4, 0.5) is 0 Å². The van der Waals surface area contributed by atoms with Gasteiger partial charge in [-0.1, -0.05) is 19.4 Å². The number of fused-ring (bicyclic) bond motifs is 5. The first-order chi connectivity index (χ1) is 19.7. The van der Waals surface area contributed by atoms with Gasteiger partial charge < -0.3 is 29.7 Å². The van der Waals surface area contributed by atoms with Crippen LogP contribution in [0.1, 0.15) is 78.1 Å². The number of Topliss-reactive ketones (excluding diaryl/α,β-unsaturated/α-hetero) is 1. The molecule has 4 fully saturated rings. The normalized spacial score (nSPS) is 40.9. The topological polar surface area (TPSA) is 168 Å². The minimum atomic E-state index is -1.77. The Morgan fingerprint density at radius 3 is 2.52 bits per heavy atom. The number of ketones is 2. The lowest BCUT2D eigenvalue weighted by Gasteiger charge is -2.60. The summed E-state index contributed by atoms with van der Waals surface area (Å²) >= 11 is 0. The molecule has 42 heavy (non-hydrogen) atoms. The summed E-state index contributed by atoms with van der Waals surface area (Å²) in [4.78, 5) is 63.8. The number of hydrogen-bond donors (Lipinski definition) is 3. The zero-order chi connectivity index (χ0) is 30.6. The maximum absolute atomic E-state index is 13.5. The maximum Gasteiger partial charge on any atom is 0.328 e. The van der Waals surface area contributed by atoms with Crippen LogP contribution in [0, 0.1) is 28.6 Å². The summed E-state index contributed by atoms with van der Waals surface area (Å²) < 4.78 is 9.90. The van der Waals surface area contributed by atoms with Crippen molar-refractivity contribution in [3.8, 4) is 0 Å². The number of ether oxygens (including phenoxy) is 2. The van der Waals surface area contributed by atoms with Crippen molar-refractivity contribution in [2.45, 2.75) is 102 Å². The summed E-state index contributed by atoms with van der Waals surface area (Å²) in [5.41, 5.74) is -1.83. The molecule has 1 heterocycles. The van der Waals surface area contributed by atoms with Crippen molar-refractivity contribution in [2.24, 2.45) is 28.6 Å². The number of rotatable bonds is 7. The molecule has 232 valence electrons. The van der Waals surface area contributed by atoms with Crippen molar-refractivity contribution in [1.82, 2.24) is 4.90 Å². The first-order valence-electron chi connectivity index (χ1n) is 15.1. The summed E-state index contributed by atoms with van der Waals surface area (Å²) in [7, 11) is 1.19. The average Bonchev–Trinajstić information content (AvgIpc) is 3.47. The third kappa shape index (κ3) is 4.91. The zero-order valence-electron chi connectivity index (χ0n) is 24.7. The van der Waals surface area contributed by atoms with E-state index in [9.17, 15) is 39.3 Å². The number of carbonyl (C=O) groups excluding carboxylic acids is 5. The van der Waals surface area contributed by atoms with Gasteiger partial charge in [0, 0.05) is 31.2 Å². The second kappa shape index (κ2) is 11.1. The van der Waals surface area contributed by atoms with Crippen LogP contribution in [0.3, 0.4) is 0 Å². The van der Waals surface area contributed by atoms with Gasteiger partial charge in [-0.25, -0.2) is 4.79 Å². The van der Waals surface area contributed by atoms with Crippen molar-refractivity contribution in [3.05, 3.63) is 11.6 Å². The highest BCUT2D eigenvalue weighted by Gasteiger charge is 2.68. The number of aliphatic hydroxyl groups excluding tert-OH is 2. The van der Waals surface area contributed by atoms with E-state index in [1.807, 2.05) is 6.92 Å². The predicted octanol–water partition coefficient (Wildman–Crippen LogP) is 1.25. The minimum Gasteiger partial charge on any atom is -0.467 e. The fourth-order valence-electron chi connectivity index (χ4n) is 9.29. The van der Waals surface area contributed by atoms with Crippen LogP contribution in [0.15, 0.2) is 11.6 Å². The molecule has 0 aromatic carbocycles. The molecule has 0 aromatic heterocycles.